The molecule has 1 heterocycles. The number of nitrogens with zero attached hydrogens (tertiary/aromatic N) is 2. The number of hydrogen-bond donors (Lipinski definition) is 1. The van der Waals surface area contributed by atoms with E-state index < -0.39 is 0 Å². The summed E-state index contributed by atoms with van der Waals surface area (Å²) < 4.78 is 0. The first-order chi connectivity index (χ1) is 10.1. The molecular formula is C18H31N3. The van der Waals surface area contributed by atoms with E-state index in [0.717, 1.165) is 25.9 Å². The second kappa shape index (κ2) is 7.92. The number of nitrogens with one attached hydrogen (secondary N) is 1. The molecule has 1 aromatic carbocycles. The Morgan fingerprint density at radius 1 is 1.14 bits per heavy atom. The molecule has 0 bridgehead atoms. The van der Waals surface area contributed by atoms with Gasteiger partial charge in [0, 0.05) is 38.3 Å². The van der Waals surface area contributed by atoms with Gasteiger partial charge in [0.25, 0.3) is 0 Å². The van der Waals surface area contributed by atoms with Gasteiger partial charge in [-0.1, -0.05) is 38.1 Å². The van der Waals surface area contributed by atoms with Crippen molar-refractivity contribution in [2.24, 2.45) is 0 Å². The lowest BCUT2D eigenvalue weighted by Gasteiger charge is -2.38. The van der Waals surface area contributed by atoms with Gasteiger partial charge in [-0.25, -0.2) is 0 Å². The summed E-state index contributed by atoms with van der Waals surface area (Å²) in [6, 6.07) is 10.2. The summed E-state index contributed by atoms with van der Waals surface area (Å²) in [6.45, 7) is 9.05. The average Bonchev–Trinajstić information content (AvgIpc) is 2.51. The van der Waals surface area contributed by atoms with Gasteiger partial charge in [0.15, 0.2) is 0 Å². The third kappa shape index (κ3) is 4.53. The highest BCUT2D eigenvalue weighted by Gasteiger charge is 2.22. The van der Waals surface area contributed by atoms with Gasteiger partial charge in [0.1, 0.15) is 0 Å². The second-order valence-corrected chi connectivity index (χ2v) is 6.36. The van der Waals surface area contributed by atoms with Crippen LogP contribution >= 0.6 is 0 Å². The van der Waals surface area contributed by atoms with Crippen LogP contribution in [0, 0.1) is 0 Å². The molecule has 2 unspecified atom stereocenters. The van der Waals surface area contributed by atoms with Crippen LogP contribution in [0.1, 0.15) is 37.4 Å². The molecule has 2 atom stereocenters. The molecule has 118 valence electrons. The summed E-state index contributed by atoms with van der Waals surface area (Å²) in [5.74, 6) is 0. The van der Waals surface area contributed by atoms with Gasteiger partial charge in [-0.05, 0) is 38.1 Å². The van der Waals surface area contributed by atoms with Crippen molar-refractivity contribution in [3.63, 3.8) is 0 Å². The lowest BCUT2D eigenvalue weighted by molar-refractivity contribution is 0.111. The van der Waals surface area contributed by atoms with E-state index >= 15 is 0 Å². The van der Waals surface area contributed by atoms with Crippen molar-refractivity contribution in [2.75, 3.05) is 40.3 Å². The van der Waals surface area contributed by atoms with Crippen molar-refractivity contribution in [1.82, 2.24) is 15.1 Å². The van der Waals surface area contributed by atoms with Crippen LogP contribution in [-0.2, 0) is 6.42 Å². The Kier molecular flexibility index (Phi) is 6.22. The predicted molar refractivity (Wildman–Crippen MR) is 90.8 cm³/mol. The first kappa shape index (κ1) is 16.5. The summed E-state index contributed by atoms with van der Waals surface area (Å²) in [6.07, 6.45) is 2.25. The third-order valence-electron chi connectivity index (χ3n) is 4.78. The van der Waals surface area contributed by atoms with Crippen molar-refractivity contribution in [2.45, 2.75) is 38.8 Å². The van der Waals surface area contributed by atoms with E-state index in [-0.39, 0.29) is 0 Å². The summed E-state index contributed by atoms with van der Waals surface area (Å²) in [5, 5.41) is 3.78. The fourth-order valence-electron chi connectivity index (χ4n) is 3.08. The first-order valence-corrected chi connectivity index (χ1v) is 8.35. The van der Waals surface area contributed by atoms with Crippen LogP contribution in [0.2, 0.25) is 0 Å². The molecule has 1 aliphatic rings. The van der Waals surface area contributed by atoms with Crippen molar-refractivity contribution < 1.29 is 0 Å². The summed E-state index contributed by atoms with van der Waals surface area (Å²) >= 11 is 0. The molecule has 1 fully saturated rings. The number of aryl methyl sites for hydroxylation is 1. The maximum atomic E-state index is 3.78. The Labute approximate surface area is 130 Å². The van der Waals surface area contributed by atoms with Crippen LogP contribution in [0.15, 0.2) is 24.3 Å². The molecule has 0 spiro atoms. The molecule has 1 saturated heterocycles. The SMILES string of the molecule is CCc1ccc(C(CC)NCC2CN(C)CCN2C)cc1. The monoisotopic (exact) mass is 289 g/mol. The third-order valence-corrected chi connectivity index (χ3v) is 4.78. The molecule has 1 aromatic rings. The number of piperazine rings is 1. The number of hydrogen-bond acceptors (Lipinski definition) is 3. The minimum atomic E-state index is 0.469. The summed E-state index contributed by atoms with van der Waals surface area (Å²) in [7, 11) is 4.47. The van der Waals surface area contributed by atoms with Crippen LogP contribution < -0.4 is 5.32 Å². The maximum absolute atomic E-state index is 3.78. The lowest BCUT2D eigenvalue weighted by atomic mass is 10.0. The van der Waals surface area contributed by atoms with Crippen LogP contribution in [0.3, 0.4) is 0 Å². The van der Waals surface area contributed by atoms with Crippen molar-refractivity contribution in [1.29, 1.82) is 0 Å². The van der Waals surface area contributed by atoms with Gasteiger partial charge >= 0.3 is 0 Å². The number of likely N-dealkylation sites (N-methyl/N-ethyl adjacent to an activating group) is 2. The van der Waals surface area contributed by atoms with Crippen LogP contribution in [-0.4, -0.2) is 56.1 Å². The largest absolute Gasteiger partial charge is 0.308 e. The highest BCUT2D eigenvalue weighted by atomic mass is 15.3. The molecule has 21 heavy (non-hydrogen) atoms. The van der Waals surface area contributed by atoms with E-state index in [2.05, 4.69) is 67.3 Å². The molecular weight excluding hydrogens is 258 g/mol. The van der Waals surface area contributed by atoms with E-state index in [4.69, 9.17) is 0 Å². The minimum absolute atomic E-state index is 0.469. The van der Waals surface area contributed by atoms with Gasteiger partial charge < -0.3 is 10.2 Å². The van der Waals surface area contributed by atoms with E-state index in [1.807, 2.05) is 0 Å². The van der Waals surface area contributed by atoms with E-state index in [1.54, 1.807) is 0 Å². The number of benzene rings is 1. The standard InChI is InChI=1S/C18H31N3/c1-5-15-7-9-16(10-8-15)18(6-2)19-13-17-14-20(3)11-12-21(17)4/h7-10,17-19H,5-6,11-14H2,1-4H3. The summed E-state index contributed by atoms with van der Waals surface area (Å²) in [4.78, 5) is 4.92. The fraction of sp³-hybridized carbons (Fsp3) is 0.667. The zero-order chi connectivity index (χ0) is 15.2. The van der Waals surface area contributed by atoms with Crippen molar-refractivity contribution >= 4 is 0 Å². The van der Waals surface area contributed by atoms with Crippen LogP contribution in [0.4, 0.5) is 0 Å². The van der Waals surface area contributed by atoms with Crippen molar-refractivity contribution in [3.05, 3.63) is 35.4 Å². The Balaban J connectivity index is 1.92. The van der Waals surface area contributed by atoms with Crippen LogP contribution in [0.5, 0.6) is 0 Å². The maximum Gasteiger partial charge on any atom is 0.0345 e. The quantitative estimate of drug-likeness (QED) is 0.868. The topological polar surface area (TPSA) is 18.5 Å². The molecule has 0 aromatic heterocycles. The van der Waals surface area contributed by atoms with E-state index in [1.165, 1.54) is 24.2 Å². The zero-order valence-corrected chi connectivity index (χ0v) is 14.1. The Morgan fingerprint density at radius 2 is 1.86 bits per heavy atom. The Morgan fingerprint density at radius 3 is 2.48 bits per heavy atom. The number of rotatable bonds is 6. The molecule has 3 heteroatoms. The highest BCUT2D eigenvalue weighted by Crippen LogP contribution is 2.18. The Bertz CT molecular complexity index is 415. The molecule has 0 aliphatic carbocycles. The first-order valence-electron chi connectivity index (χ1n) is 8.35. The molecule has 1 N–H and O–H groups in total. The highest BCUT2D eigenvalue weighted by molar-refractivity contribution is 5.25. The molecule has 0 amide bonds. The Hall–Kier alpha value is -0.900. The predicted octanol–water partition coefficient (Wildman–Crippen LogP) is 2.54. The van der Waals surface area contributed by atoms with Gasteiger partial charge in [0.2, 0.25) is 0 Å². The van der Waals surface area contributed by atoms with Crippen molar-refractivity contribution in [3.8, 4) is 0 Å². The molecule has 0 saturated carbocycles. The van der Waals surface area contributed by atoms with Gasteiger partial charge in [-0.2, -0.15) is 0 Å². The normalized spacial score (nSPS) is 22.4. The van der Waals surface area contributed by atoms with Gasteiger partial charge in [-0.15, -0.1) is 0 Å². The molecule has 1 aliphatic heterocycles. The molecule has 0 radical (unpaired) electrons. The summed E-state index contributed by atoms with van der Waals surface area (Å²) in [5.41, 5.74) is 2.84. The average molecular weight is 289 g/mol. The lowest BCUT2D eigenvalue weighted by Crippen LogP contribution is -2.54. The molecule has 3 nitrogen and oxygen atoms in total. The molecule has 2 rings (SSSR count). The van der Waals surface area contributed by atoms with Crippen LogP contribution in [0.25, 0.3) is 0 Å². The van der Waals surface area contributed by atoms with Gasteiger partial charge in [-0.3, -0.25) is 4.90 Å². The van der Waals surface area contributed by atoms with E-state index in [9.17, 15) is 0 Å². The second-order valence-electron chi connectivity index (χ2n) is 6.36. The van der Waals surface area contributed by atoms with E-state index in [0.29, 0.717) is 12.1 Å². The fourth-order valence-corrected chi connectivity index (χ4v) is 3.08. The minimum Gasteiger partial charge on any atom is -0.308 e. The smallest absolute Gasteiger partial charge is 0.0345 e. The zero-order valence-electron chi connectivity index (χ0n) is 14.1. The van der Waals surface area contributed by atoms with Gasteiger partial charge in [0.05, 0.1) is 0 Å².